The molecule has 3 rings (SSSR count). The molecule has 1 aromatic heterocycles. The number of hydrogen-bond donors (Lipinski definition) is 3. The third kappa shape index (κ3) is 3.30. The summed E-state index contributed by atoms with van der Waals surface area (Å²) in [6.45, 7) is 1.62. The summed E-state index contributed by atoms with van der Waals surface area (Å²) in [5.41, 5.74) is 3.19. The number of carbonyl (C=O) groups excluding carboxylic acids is 1. The molecule has 0 bridgehead atoms. The number of fused-ring (bicyclic) bond motifs is 1. The first kappa shape index (κ1) is 15.8. The van der Waals surface area contributed by atoms with Crippen molar-refractivity contribution in [2.75, 3.05) is 5.32 Å². The first-order valence-corrected chi connectivity index (χ1v) is 7.72. The van der Waals surface area contributed by atoms with Crippen LogP contribution < -0.4 is 5.32 Å². The van der Waals surface area contributed by atoms with Crippen molar-refractivity contribution in [1.29, 1.82) is 0 Å². The lowest BCUT2D eigenvalue weighted by molar-refractivity contribution is -0.138. The van der Waals surface area contributed by atoms with Crippen molar-refractivity contribution in [3.8, 4) is 0 Å². The van der Waals surface area contributed by atoms with Crippen molar-refractivity contribution in [1.82, 2.24) is 4.98 Å². The second kappa shape index (κ2) is 6.58. The minimum absolute atomic E-state index is 0.139. The summed E-state index contributed by atoms with van der Waals surface area (Å²) in [5, 5.41) is 13.0. The number of rotatable bonds is 5. The Morgan fingerprint density at radius 2 is 1.96 bits per heavy atom. The highest BCUT2D eigenvalue weighted by Gasteiger charge is 2.14. The molecule has 0 aliphatic rings. The zero-order valence-corrected chi connectivity index (χ0v) is 13.2. The highest BCUT2D eigenvalue weighted by molar-refractivity contribution is 5.95. The fourth-order valence-electron chi connectivity index (χ4n) is 2.68. The van der Waals surface area contributed by atoms with Gasteiger partial charge in [-0.25, -0.2) is 0 Å². The number of benzene rings is 2. The molecule has 5 nitrogen and oxygen atoms in total. The predicted molar refractivity (Wildman–Crippen MR) is 93.1 cm³/mol. The number of para-hydroxylation sites is 1. The van der Waals surface area contributed by atoms with Gasteiger partial charge in [-0.2, -0.15) is 0 Å². The summed E-state index contributed by atoms with van der Waals surface area (Å²) < 4.78 is 0. The molecule has 3 N–H and O–H groups in total. The largest absolute Gasteiger partial charge is 0.481 e. The van der Waals surface area contributed by atoms with Crippen LogP contribution in [0, 0.1) is 0 Å². The van der Waals surface area contributed by atoms with Gasteiger partial charge in [0.1, 0.15) is 0 Å². The van der Waals surface area contributed by atoms with Crippen LogP contribution in [-0.4, -0.2) is 22.0 Å². The molecule has 24 heavy (non-hydrogen) atoms. The lowest BCUT2D eigenvalue weighted by Gasteiger charge is -2.10. The number of carboxylic acid groups (broad SMARTS) is 1. The molecule has 122 valence electrons. The van der Waals surface area contributed by atoms with Gasteiger partial charge in [-0.05, 0) is 36.2 Å². The standard InChI is InChI=1S/C19H18N2O3/c1-12(19(23)24)13-5-4-6-15(9-13)21-18(22)10-14-11-20-17-8-3-2-7-16(14)17/h2-9,11-12,20H,10H2,1H3,(H,21,22)(H,23,24). The summed E-state index contributed by atoms with van der Waals surface area (Å²) in [6.07, 6.45) is 2.09. The average molecular weight is 322 g/mol. The number of H-pyrrole nitrogens is 1. The van der Waals surface area contributed by atoms with E-state index in [9.17, 15) is 9.59 Å². The van der Waals surface area contributed by atoms with Crippen molar-refractivity contribution in [3.05, 3.63) is 65.9 Å². The van der Waals surface area contributed by atoms with Gasteiger partial charge < -0.3 is 15.4 Å². The van der Waals surface area contributed by atoms with Crippen molar-refractivity contribution in [2.45, 2.75) is 19.3 Å². The monoisotopic (exact) mass is 322 g/mol. The minimum Gasteiger partial charge on any atom is -0.481 e. The van der Waals surface area contributed by atoms with Crippen LogP contribution in [0.3, 0.4) is 0 Å². The zero-order chi connectivity index (χ0) is 17.1. The molecular formula is C19H18N2O3. The molecule has 1 heterocycles. The zero-order valence-electron chi connectivity index (χ0n) is 13.2. The molecule has 1 amide bonds. The summed E-state index contributed by atoms with van der Waals surface area (Å²) in [7, 11) is 0. The number of hydrogen-bond acceptors (Lipinski definition) is 2. The van der Waals surface area contributed by atoms with Gasteiger partial charge in [-0.3, -0.25) is 9.59 Å². The van der Waals surface area contributed by atoms with E-state index in [0.717, 1.165) is 16.5 Å². The van der Waals surface area contributed by atoms with E-state index in [1.807, 2.05) is 30.5 Å². The van der Waals surface area contributed by atoms with E-state index in [1.165, 1.54) is 0 Å². The van der Waals surface area contributed by atoms with Crippen molar-refractivity contribution in [2.24, 2.45) is 0 Å². The molecule has 0 saturated carbocycles. The van der Waals surface area contributed by atoms with E-state index in [-0.39, 0.29) is 12.3 Å². The van der Waals surface area contributed by atoms with E-state index in [4.69, 9.17) is 5.11 Å². The van der Waals surface area contributed by atoms with Gasteiger partial charge in [0.25, 0.3) is 0 Å². The minimum atomic E-state index is -0.891. The van der Waals surface area contributed by atoms with Crippen molar-refractivity contribution >= 4 is 28.5 Å². The number of carboxylic acids is 1. The van der Waals surface area contributed by atoms with E-state index in [2.05, 4.69) is 10.3 Å². The maximum Gasteiger partial charge on any atom is 0.310 e. The molecule has 1 atom stereocenters. The quantitative estimate of drug-likeness (QED) is 0.672. The number of aliphatic carboxylic acids is 1. The van der Waals surface area contributed by atoms with Crippen LogP contribution in [0.4, 0.5) is 5.69 Å². The second-order valence-corrected chi connectivity index (χ2v) is 5.77. The Bertz CT molecular complexity index is 898. The first-order chi connectivity index (χ1) is 11.5. The average Bonchev–Trinajstić information content (AvgIpc) is 2.97. The van der Waals surface area contributed by atoms with Crippen molar-refractivity contribution in [3.63, 3.8) is 0 Å². The molecule has 0 spiro atoms. The fourth-order valence-corrected chi connectivity index (χ4v) is 2.68. The molecule has 0 aliphatic heterocycles. The van der Waals surface area contributed by atoms with Gasteiger partial charge in [0.05, 0.1) is 12.3 Å². The number of aromatic nitrogens is 1. The van der Waals surface area contributed by atoms with Gasteiger partial charge in [0.15, 0.2) is 0 Å². The summed E-state index contributed by atoms with van der Waals surface area (Å²) >= 11 is 0. The fraction of sp³-hybridized carbons (Fsp3) is 0.158. The third-order valence-electron chi connectivity index (χ3n) is 4.07. The molecule has 1 unspecified atom stereocenters. The Balaban J connectivity index is 1.73. The maximum absolute atomic E-state index is 12.3. The molecule has 3 aromatic rings. The summed E-state index contributed by atoms with van der Waals surface area (Å²) in [6, 6.07) is 14.8. The van der Waals surface area contributed by atoms with Crippen LogP contribution in [-0.2, 0) is 16.0 Å². The van der Waals surface area contributed by atoms with Crippen LogP contribution in [0.2, 0.25) is 0 Å². The predicted octanol–water partition coefficient (Wildman–Crippen LogP) is 3.54. The third-order valence-corrected chi connectivity index (χ3v) is 4.07. The Labute approximate surface area is 139 Å². The smallest absolute Gasteiger partial charge is 0.310 e. The highest BCUT2D eigenvalue weighted by Crippen LogP contribution is 2.21. The number of carbonyl (C=O) groups is 2. The van der Waals surface area contributed by atoms with Crippen LogP contribution in [0.1, 0.15) is 24.0 Å². The van der Waals surface area contributed by atoms with Crippen molar-refractivity contribution < 1.29 is 14.7 Å². The van der Waals surface area contributed by atoms with Crippen LogP contribution >= 0.6 is 0 Å². The summed E-state index contributed by atoms with van der Waals surface area (Å²) in [4.78, 5) is 26.5. The topological polar surface area (TPSA) is 82.2 Å². The SMILES string of the molecule is CC(C(=O)O)c1cccc(NC(=O)Cc2c[nH]c3ccccc23)c1. The Morgan fingerprint density at radius 3 is 2.75 bits per heavy atom. The molecule has 5 heteroatoms. The van der Waals surface area contributed by atoms with Gasteiger partial charge in [-0.1, -0.05) is 30.3 Å². The van der Waals surface area contributed by atoms with E-state index in [1.54, 1.807) is 31.2 Å². The van der Waals surface area contributed by atoms with E-state index < -0.39 is 11.9 Å². The molecular weight excluding hydrogens is 304 g/mol. The molecule has 2 aromatic carbocycles. The Morgan fingerprint density at radius 1 is 1.17 bits per heavy atom. The van der Waals surface area contributed by atoms with E-state index in [0.29, 0.717) is 11.3 Å². The molecule has 0 saturated heterocycles. The summed E-state index contributed by atoms with van der Waals surface area (Å²) in [5.74, 6) is -1.65. The number of aromatic amines is 1. The molecule has 0 aliphatic carbocycles. The lowest BCUT2D eigenvalue weighted by Crippen LogP contribution is -2.15. The van der Waals surface area contributed by atoms with Gasteiger partial charge >= 0.3 is 5.97 Å². The second-order valence-electron chi connectivity index (χ2n) is 5.77. The van der Waals surface area contributed by atoms with Gasteiger partial charge in [0.2, 0.25) is 5.91 Å². The normalized spacial score (nSPS) is 12.0. The first-order valence-electron chi connectivity index (χ1n) is 7.72. The number of amides is 1. The van der Waals surface area contributed by atoms with Crippen LogP contribution in [0.25, 0.3) is 10.9 Å². The number of nitrogens with one attached hydrogen (secondary N) is 2. The Hall–Kier alpha value is -3.08. The lowest BCUT2D eigenvalue weighted by atomic mass is 10.0. The van der Waals surface area contributed by atoms with Crippen LogP contribution in [0.5, 0.6) is 0 Å². The Kier molecular flexibility index (Phi) is 4.33. The number of anilines is 1. The van der Waals surface area contributed by atoms with Crippen LogP contribution in [0.15, 0.2) is 54.7 Å². The molecule has 0 radical (unpaired) electrons. The van der Waals surface area contributed by atoms with E-state index >= 15 is 0 Å². The highest BCUT2D eigenvalue weighted by atomic mass is 16.4. The van der Waals surface area contributed by atoms with Gasteiger partial charge in [-0.15, -0.1) is 0 Å². The molecule has 0 fully saturated rings. The van der Waals surface area contributed by atoms with Gasteiger partial charge in [0, 0.05) is 22.8 Å². The maximum atomic E-state index is 12.3.